The summed E-state index contributed by atoms with van der Waals surface area (Å²) < 4.78 is 0. The van der Waals surface area contributed by atoms with Crippen LogP contribution in [-0.2, 0) is 5.41 Å². The molecule has 4 rings (SSSR count). The second-order valence-electron chi connectivity index (χ2n) is 8.97. The van der Waals surface area contributed by atoms with Crippen LogP contribution < -0.4 is 11.1 Å². The Morgan fingerprint density at radius 2 is 1.57 bits per heavy atom. The molecule has 1 aliphatic carbocycles. The number of nitrogens with one attached hydrogen (secondary N) is 1. The highest BCUT2D eigenvalue weighted by Crippen LogP contribution is 2.31. The van der Waals surface area contributed by atoms with E-state index in [0.717, 1.165) is 16.7 Å². The maximum Gasteiger partial charge on any atom is 0.222 e. The molecule has 0 saturated heterocycles. The molecule has 0 atom stereocenters. The number of anilines is 2. The van der Waals surface area contributed by atoms with Gasteiger partial charge in [-0.25, -0.2) is 4.98 Å². The van der Waals surface area contributed by atoms with Gasteiger partial charge >= 0.3 is 0 Å². The van der Waals surface area contributed by atoms with Crippen molar-refractivity contribution in [2.45, 2.75) is 64.3 Å². The van der Waals surface area contributed by atoms with Crippen molar-refractivity contribution in [1.29, 1.82) is 0 Å². The Kier molecular flexibility index (Phi) is 4.96. The molecule has 0 amide bonds. The fourth-order valence-electron chi connectivity index (χ4n) is 4.04. The Balaban J connectivity index is 1.71. The van der Waals surface area contributed by atoms with E-state index in [1.165, 1.54) is 48.8 Å². The predicted molar refractivity (Wildman–Crippen MR) is 119 cm³/mol. The Hall–Kier alpha value is -2.62. The fourth-order valence-corrected chi connectivity index (χ4v) is 4.04. The maximum atomic E-state index is 5.97. The van der Waals surface area contributed by atoms with Gasteiger partial charge in [0.05, 0.1) is 5.52 Å². The molecule has 1 heterocycles. The van der Waals surface area contributed by atoms with Crippen LogP contribution in [-0.4, -0.2) is 16.0 Å². The van der Waals surface area contributed by atoms with Crippen molar-refractivity contribution in [2.75, 3.05) is 11.1 Å². The lowest BCUT2D eigenvalue weighted by Gasteiger charge is -2.24. The van der Waals surface area contributed by atoms with Gasteiger partial charge < -0.3 is 11.1 Å². The van der Waals surface area contributed by atoms with E-state index in [1.807, 2.05) is 6.07 Å². The van der Waals surface area contributed by atoms with Crippen molar-refractivity contribution in [3.8, 4) is 11.1 Å². The summed E-state index contributed by atoms with van der Waals surface area (Å²) in [6, 6.07) is 15.7. The van der Waals surface area contributed by atoms with Gasteiger partial charge in [0.25, 0.3) is 0 Å². The summed E-state index contributed by atoms with van der Waals surface area (Å²) in [5.41, 5.74) is 10.7. The first kappa shape index (κ1) is 18.7. The molecule has 0 spiro atoms. The SMILES string of the molecule is CC(C)(C)c1ccc(-c2ccc3nc(N)nc(NC4CCCCC4)c3c2)cc1. The average molecular weight is 375 g/mol. The molecule has 4 heteroatoms. The van der Waals surface area contributed by atoms with E-state index in [-0.39, 0.29) is 5.41 Å². The number of hydrogen-bond acceptors (Lipinski definition) is 4. The van der Waals surface area contributed by atoms with Crippen LogP contribution in [0.15, 0.2) is 42.5 Å². The number of fused-ring (bicyclic) bond motifs is 1. The number of aromatic nitrogens is 2. The quantitative estimate of drug-likeness (QED) is 0.597. The molecule has 1 aromatic heterocycles. The molecule has 1 fully saturated rings. The molecule has 146 valence electrons. The smallest absolute Gasteiger partial charge is 0.222 e. The third-order valence-corrected chi connectivity index (χ3v) is 5.74. The predicted octanol–water partition coefficient (Wildman–Crippen LogP) is 5.92. The average Bonchev–Trinajstić information content (AvgIpc) is 2.68. The van der Waals surface area contributed by atoms with Crippen LogP contribution in [0.1, 0.15) is 58.4 Å². The van der Waals surface area contributed by atoms with Gasteiger partial charge in [0.2, 0.25) is 5.95 Å². The van der Waals surface area contributed by atoms with E-state index in [2.05, 4.69) is 72.5 Å². The summed E-state index contributed by atoms with van der Waals surface area (Å²) in [6.45, 7) is 6.72. The zero-order chi connectivity index (χ0) is 19.7. The van der Waals surface area contributed by atoms with Crippen LogP contribution in [0, 0.1) is 0 Å². The number of nitrogens with zero attached hydrogens (tertiary/aromatic N) is 2. The lowest BCUT2D eigenvalue weighted by molar-refractivity contribution is 0.462. The highest BCUT2D eigenvalue weighted by Gasteiger charge is 2.17. The van der Waals surface area contributed by atoms with Gasteiger partial charge in [0.15, 0.2) is 0 Å². The van der Waals surface area contributed by atoms with E-state index in [9.17, 15) is 0 Å². The van der Waals surface area contributed by atoms with Crippen LogP contribution in [0.4, 0.5) is 11.8 Å². The van der Waals surface area contributed by atoms with Crippen molar-refractivity contribution in [3.05, 3.63) is 48.0 Å². The zero-order valence-corrected chi connectivity index (χ0v) is 17.1. The number of nitrogen functional groups attached to an aromatic ring is 1. The second-order valence-corrected chi connectivity index (χ2v) is 8.97. The summed E-state index contributed by atoms with van der Waals surface area (Å²) in [5, 5.41) is 4.68. The number of rotatable bonds is 3. The third kappa shape index (κ3) is 3.96. The van der Waals surface area contributed by atoms with E-state index >= 15 is 0 Å². The molecule has 0 bridgehead atoms. The highest BCUT2D eigenvalue weighted by atomic mass is 15.1. The molecule has 2 aromatic carbocycles. The third-order valence-electron chi connectivity index (χ3n) is 5.74. The Morgan fingerprint density at radius 3 is 2.25 bits per heavy atom. The Labute approximate surface area is 167 Å². The number of nitrogens with two attached hydrogens (primary N) is 1. The normalized spacial score (nSPS) is 15.7. The minimum Gasteiger partial charge on any atom is -0.368 e. The molecular weight excluding hydrogens is 344 g/mol. The van der Waals surface area contributed by atoms with E-state index < -0.39 is 0 Å². The maximum absolute atomic E-state index is 5.97. The van der Waals surface area contributed by atoms with Crippen LogP contribution >= 0.6 is 0 Å². The minimum absolute atomic E-state index is 0.157. The van der Waals surface area contributed by atoms with E-state index in [4.69, 9.17) is 5.73 Å². The first-order valence-electron chi connectivity index (χ1n) is 10.3. The highest BCUT2D eigenvalue weighted by molar-refractivity contribution is 5.93. The van der Waals surface area contributed by atoms with Crippen molar-refractivity contribution in [3.63, 3.8) is 0 Å². The first-order chi connectivity index (χ1) is 13.4. The molecule has 4 nitrogen and oxygen atoms in total. The molecule has 0 radical (unpaired) electrons. The molecule has 3 aromatic rings. The lowest BCUT2D eigenvalue weighted by Crippen LogP contribution is -2.23. The molecular formula is C24H30N4. The monoisotopic (exact) mass is 374 g/mol. The van der Waals surface area contributed by atoms with Gasteiger partial charge in [-0.3, -0.25) is 0 Å². The summed E-state index contributed by atoms with van der Waals surface area (Å²) in [7, 11) is 0. The van der Waals surface area contributed by atoms with Gasteiger partial charge in [-0.05, 0) is 47.1 Å². The lowest BCUT2D eigenvalue weighted by atomic mass is 9.86. The summed E-state index contributed by atoms with van der Waals surface area (Å²) in [4.78, 5) is 8.97. The van der Waals surface area contributed by atoms with Crippen LogP contribution in [0.3, 0.4) is 0 Å². The van der Waals surface area contributed by atoms with Gasteiger partial charge in [0.1, 0.15) is 5.82 Å². The van der Waals surface area contributed by atoms with Crippen molar-refractivity contribution < 1.29 is 0 Å². The number of benzene rings is 2. The molecule has 0 aliphatic heterocycles. The largest absolute Gasteiger partial charge is 0.368 e. The summed E-state index contributed by atoms with van der Waals surface area (Å²) in [5.74, 6) is 1.19. The molecule has 28 heavy (non-hydrogen) atoms. The topological polar surface area (TPSA) is 63.8 Å². The van der Waals surface area contributed by atoms with Gasteiger partial charge in [-0.15, -0.1) is 0 Å². The standard InChI is InChI=1S/C24H30N4/c1-24(2,3)18-12-9-16(10-13-18)17-11-14-21-20(15-17)22(28-23(25)27-21)26-19-7-5-4-6-8-19/h9-15,19H,4-8H2,1-3H3,(H3,25,26,27,28). The van der Waals surface area contributed by atoms with E-state index in [1.54, 1.807) is 0 Å². The van der Waals surface area contributed by atoms with Crippen molar-refractivity contribution in [1.82, 2.24) is 9.97 Å². The van der Waals surface area contributed by atoms with Crippen LogP contribution in [0.5, 0.6) is 0 Å². The van der Waals surface area contributed by atoms with Gasteiger partial charge in [-0.1, -0.05) is 70.4 Å². The summed E-state index contributed by atoms with van der Waals surface area (Å²) in [6.07, 6.45) is 6.28. The summed E-state index contributed by atoms with van der Waals surface area (Å²) >= 11 is 0. The van der Waals surface area contributed by atoms with E-state index in [0.29, 0.717) is 12.0 Å². The van der Waals surface area contributed by atoms with Crippen molar-refractivity contribution in [2.24, 2.45) is 0 Å². The Bertz CT molecular complexity index is 964. The molecule has 1 aliphatic rings. The molecule has 1 saturated carbocycles. The second kappa shape index (κ2) is 7.42. The van der Waals surface area contributed by atoms with Gasteiger partial charge in [0, 0.05) is 11.4 Å². The first-order valence-corrected chi connectivity index (χ1v) is 10.3. The fraction of sp³-hybridized carbons (Fsp3) is 0.417. The zero-order valence-electron chi connectivity index (χ0n) is 17.1. The minimum atomic E-state index is 0.157. The van der Waals surface area contributed by atoms with Crippen molar-refractivity contribution >= 4 is 22.7 Å². The van der Waals surface area contributed by atoms with Crippen LogP contribution in [0.25, 0.3) is 22.0 Å². The van der Waals surface area contributed by atoms with Gasteiger partial charge in [-0.2, -0.15) is 4.98 Å². The molecule has 3 N–H and O–H groups in total. The van der Waals surface area contributed by atoms with Crippen LogP contribution in [0.2, 0.25) is 0 Å². The number of hydrogen-bond donors (Lipinski definition) is 2. The molecule has 0 unspecified atom stereocenters. The Morgan fingerprint density at radius 1 is 0.893 bits per heavy atom.